The van der Waals surface area contributed by atoms with Gasteiger partial charge in [0.05, 0.1) is 18.4 Å². The number of likely N-dealkylation sites (N-methyl/N-ethyl adjacent to an activating group) is 1. The van der Waals surface area contributed by atoms with Crippen LogP contribution in [0.25, 0.3) is 0 Å². The van der Waals surface area contributed by atoms with Gasteiger partial charge >= 0.3 is 6.18 Å². The van der Waals surface area contributed by atoms with E-state index in [2.05, 4.69) is 20.4 Å². The van der Waals surface area contributed by atoms with Crippen molar-refractivity contribution in [2.45, 2.75) is 6.18 Å². The smallest absolute Gasteiger partial charge is 0.422 e. The number of pyridine rings is 1. The van der Waals surface area contributed by atoms with Crippen LogP contribution in [0.4, 0.5) is 18.9 Å². The van der Waals surface area contributed by atoms with E-state index >= 15 is 0 Å². The summed E-state index contributed by atoms with van der Waals surface area (Å²) in [7, 11) is 1.62. The average Bonchev–Trinajstić information content (AvgIpc) is 2.27. The maximum atomic E-state index is 11.9. The van der Waals surface area contributed by atoms with E-state index < -0.39 is 12.8 Å². The topological polar surface area (TPSA) is 63.2 Å². The van der Waals surface area contributed by atoms with Crippen molar-refractivity contribution in [3.05, 3.63) is 18.3 Å². The summed E-state index contributed by atoms with van der Waals surface area (Å²) in [6.45, 7) is -1.27. The van der Waals surface area contributed by atoms with E-state index in [1.807, 2.05) is 0 Å². The third-order valence-corrected chi connectivity index (χ3v) is 1.74. The number of halogens is 4. The minimum absolute atomic E-state index is 0. The lowest BCUT2D eigenvalue weighted by Crippen LogP contribution is -2.25. The number of anilines is 1. The van der Waals surface area contributed by atoms with E-state index in [1.165, 1.54) is 18.3 Å². The summed E-state index contributed by atoms with van der Waals surface area (Å²) in [4.78, 5) is 14.8. The van der Waals surface area contributed by atoms with Gasteiger partial charge < -0.3 is 15.4 Å². The molecular weight excluding hydrogens is 287 g/mol. The molecule has 0 saturated carbocycles. The standard InChI is InChI=1S/C10H12F3N3O2.ClH/c1-14-5-8(17)16-7-2-3-9(15-4-7)18-6-10(11,12)13;/h2-4,14H,5-6H2,1H3,(H,16,17);1H. The molecule has 0 unspecified atom stereocenters. The van der Waals surface area contributed by atoms with E-state index in [9.17, 15) is 18.0 Å². The molecule has 1 rings (SSSR count). The second kappa shape index (κ2) is 7.80. The lowest BCUT2D eigenvalue weighted by Gasteiger charge is -2.09. The molecule has 0 aromatic carbocycles. The number of nitrogens with zero attached hydrogens (tertiary/aromatic N) is 1. The van der Waals surface area contributed by atoms with Crippen molar-refractivity contribution in [3.8, 4) is 5.88 Å². The van der Waals surface area contributed by atoms with Gasteiger partial charge in [0, 0.05) is 6.07 Å². The summed E-state index contributed by atoms with van der Waals surface area (Å²) in [6, 6.07) is 2.66. The molecule has 2 N–H and O–H groups in total. The Labute approximate surface area is 114 Å². The van der Waals surface area contributed by atoms with Crippen molar-refractivity contribution in [2.75, 3.05) is 25.5 Å². The molecule has 0 atom stereocenters. The molecule has 1 aromatic heterocycles. The molecule has 0 fully saturated rings. The lowest BCUT2D eigenvalue weighted by molar-refractivity contribution is -0.154. The first-order valence-electron chi connectivity index (χ1n) is 5.01. The second-order valence-corrected chi connectivity index (χ2v) is 3.37. The highest BCUT2D eigenvalue weighted by atomic mass is 35.5. The molecule has 1 amide bonds. The number of rotatable bonds is 5. The Morgan fingerprint density at radius 3 is 2.58 bits per heavy atom. The van der Waals surface area contributed by atoms with Crippen molar-refractivity contribution in [1.82, 2.24) is 10.3 Å². The zero-order chi connectivity index (χ0) is 13.6. The summed E-state index contributed by atoms with van der Waals surface area (Å²) >= 11 is 0. The van der Waals surface area contributed by atoms with Crippen LogP contribution in [-0.2, 0) is 4.79 Å². The van der Waals surface area contributed by atoms with Gasteiger partial charge in [-0.05, 0) is 13.1 Å². The number of aromatic nitrogens is 1. The van der Waals surface area contributed by atoms with E-state index in [1.54, 1.807) is 7.05 Å². The van der Waals surface area contributed by atoms with Gasteiger partial charge in [0.1, 0.15) is 0 Å². The average molecular weight is 300 g/mol. The maximum absolute atomic E-state index is 11.9. The Hall–Kier alpha value is -1.54. The van der Waals surface area contributed by atoms with Crippen LogP contribution in [0.1, 0.15) is 0 Å². The van der Waals surface area contributed by atoms with Gasteiger partial charge in [-0.2, -0.15) is 13.2 Å². The Bertz CT molecular complexity index is 398. The first-order valence-corrected chi connectivity index (χ1v) is 5.01. The van der Waals surface area contributed by atoms with Crippen LogP contribution in [0.15, 0.2) is 18.3 Å². The molecule has 9 heteroatoms. The van der Waals surface area contributed by atoms with E-state index in [0.29, 0.717) is 5.69 Å². The molecule has 0 bridgehead atoms. The van der Waals surface area contributed by atoms with Gasteiger partial charge in [-0.1, -0.05) is 0 Å². The minimum atomic E-state index is -4.40. The largest absolute Gasteiger partial charge is 0.468 e. The minimum Gasteiger partial charge on any atom is -0.468 e. The van der Waals surface area contributed by atoms with Gasteiger partial charge in [0.15, 0.2) is 6.61 Å². The van der Waals surface area contributed by atoms with Crippen molar-refractivity contribution in [1.29, 1.82) is 0 Å². The normalized spacial score (nSPS) is 10.5. The van der Waals surface area contributed by atoms with Crippen LogP contribution in [0.3, 0.4) is 0 Å². The number of hydrogen-bond donors (Lipinski definition) is 2. The fourth-order valence-electron chi connectivity index (χ4n) is 1.06. The number of carbonyl (C=O) groups is 1. The monoisotopic (exact) mass is 299 g/mol. The van der Waals surface area contributed by atoms with Crippen molar-refractivity contribution in [2.24, 2.45) is 0 Å². The lowest BCUT2D eigenvalue weighted by atomic mass is 10.4. The molecule has 0 aliphatic heterocycles. The van der Waals surface area contributed by atoms with Crippen molar-refractivity contribution in [3.63, 3.8) is 0 Å². The Balaban J connectivity index is 0.00000324. The van der Waals surface area contributed by atoms with Crippen LogP contribution in [0.5, 0.6) is 5.88 Å². The molecule has 0 aliphatic rings. The fraction of sp³-hybridized carbons (Fsp3) is 0.400. The third kappa shape index (κ3) is 7.47. The molecule has 0 radical (unpaired) electrons. The highest BCUT2D eigenvalue weighted by Gasteiger charge is 2.28. The number of amides is 1. The molecule has 0 spiro atoms. The molecule has 1 heterocycles. The summed E-state index contributed by atoms with van der Waals surface area (Å²) in [5, 5.41) is 5.15. The first kappa shape index (κ1) is 17.5. The zero-order valence-electron chi connectivity index (χ0n) is 9.95. The molecule has 0 aliphatic carbocycles. The van der Waals surface area contributed by atoms with Gasteiger partial charge in [0.2, 0.25) is 11.8 Å². The number of hydrogen-bond acceptors (Lipinski definition) is 4. The quantitative estimate of drug-likeness (QED) is 0.867. The Morgan fingerprint density at radius 2 is 2.11 bits per heavy atom. The highest BCUT2D eigenvalue weighted by molar-refractivity contribution is 5.92. The summed E-state index contributed by atoms with van der Waals surface area (Å²) in [5.74, 6) is -0.429. The molecular formula is C10H13ClF3N3O2. The van der Waals surface area contributed by atoms with Crippen molar-refractivity contribution >= 4 is 24.0 Å². The fourth-order valence-corrected chi connectivity index (χ4v) is 1.06. The van der Waals surface area contributed by atoms with Crippen LogP contribution in [0.2, 0.25) is 0 Å². The molecule has 108 valence electrons. The summed E-state index contributed by atoms with van der Waals surface area (Å²) in [5.41, 5.74) is 0.384. The predicted octanol–water partition coefficient (Wildman–Crippen LogP) is 1.60. The molecule has 5 nitrogen and oxygen atoms in total. The number of nitrogens with one attached hydrogen (secondary N) is 2. The van der Waals surface area contributed by atoms with Crippen LogP contribution in [0, 0.1) is 0 Å². The van der Waals surface area contributed by atoms with Gasteiger partial charge in [-0.15, -0.1) is 12.4 Å². The molecule has 19 heavy (non-hydrogen) atoms. The third-order valence-electron chi connectivity index (χ3n) is 1.74. The van der Waals surface area contributed by atoms with E-state index in [4.69, 9.17) is 0 Å². The van der Waals surface area contributed by atoms with Crippen LogP contribution in [-0.4, -0.2) is 37.3 Å². The van der Waals surface area contributed by atoms with Gasteiger partial charge in [0.25, 0.3) is 0 Å². The summed E-state index contributed by atoms with van der Waals surface area (Å²) in [6.07, 6.45) is -3.18. The predicted molar refractivity (Wildman–Crippen MR) is 65.6 cm³/mol. The molecule has 0 saturated heterocycles. The molecule has 1 aromatic rings. The first-order chi connectivity index (χ1) is 8.40. The Morgan fingerprint density at radius 1 is 1.42 bits per heavy atom. The number of alkyl halides is 3. The maximum Gasteiger partial charge on any atom is 0.422 e. The number of carbonyl (C=O) groups excluding carboxylic acids is 1. The Kier molecular flexibility index (Phi) is 7.17. The SMILES string of the molecule is CNCC(=O)Nc1ccc(OCC(F)(F)F)nc1.Cl. The number of ether oxygens (including phenoxy) is 1. The van der Waals surface area contributed by atoms with Crippen molar-refractivity contribution < 1.29 is 22.7 Å². The van der Waals surface area contributed by atoms with E-state index in [0.717, 1.165) is 0 Å². The zero-order valence-corrected chi connectivity index (χ0v) is 10.8. The van der Waals surface area contributed by atoms with Gasteiger partial charge in [-0.3, -0.25) is 4.79 Å². The van der Waals surface area contributed by atoms with Crippen LogP contribution < -0.4 is 15.4 Å². The van der Waals surface area contributed by atoms with Gasteiger partial charge in [-0.25, -0.2) is 4.98 Å². The second-order valence-electron chi connectivity index (χ2n) is 3.37. The van der Waals surface area contributed by atoms with Crippen LogP contribution >= 0.6 is 12.4 Å². The van der Waals surface area contributed by atoms with E-state index in [-0.39, 0.29) is 30.7 Å². The highest BCUT2D eigenvalue weighted by Crippen LogP contribution is 2.17. The summed E-state index contributed by atoms with van der Waals surface area (Å²) < 4.78 is 40.0.